The summed E-state index contributed by atoms with van der Waals surface area (Å²) in [6.07, 6.45) is -0.485. The molecule has 0 amide bonds. The highest BCUT2D eigenvalue weighted by Gasteiger charge is 2.36. The number of hydrogen-bond donors (Lipinski definition) is 1. The number of halogens is 1. The van der Waals surface area contributed by atoms with Gasteiger partial charge in [0.1, 0.15) is 0 Å². The quantitative estimate of drug-likeness (QED) is 0.621. The summed E-state index contributed by atoms with van der Waals surface area (Å²) in [4.78, 5) is 9.23. The maximum absolute atomic E-state index is 13.6. The summed E-state index contributed by atoms with van der Waals surface area (Å²) < 4.78 is 44.8. The molecule has 1 aromatic rings. The van der Waals surface area contributed by atoms with Crippen molar-refractivity contribution in [3.8, 4) is 0 Å². The van der Waals surface area contributed by atoms with E-state index in [0.717, 1.165) is 22.5 Å². The van der Waals surface area contributed by atoms with Crippen LogP contribution in [-0.4, -0.2) is 50.0 Å². The van der Waals surface area contributed by atoms with Crippen molar-refractivity contribution < 1.29 is 22.5 Å². The van der Waals surface area contributed by atoms with Crippen LogP contribution in [0.4, 0.5) is 10.1 Å². The summed E-state index contributed by atoms with van der Waals surface area (Å²) >= 11 is 0. The minimum absolute atomic E-state index is 0.0213. The maximum atomic E-state index is 13.6. The van der Waals surface area contributed by atoms with Gasteiger partial charge in [0.25, 0.3) is 0 Å². The predicted octanol–water partition coefficient (Wildman–Crippen LogP) is 0.0821. The lowest BCUT2D eigenvalue weighted by atomic mass is 10.3. The van der Waals surface area contributed by atoms with E-state index in [9.17, 15) is 22.9 Å². The Morgan fingerprint density at radius 3 is 2.86 bits per heavy atom. The Balaban J connectivity index is 2.45. The van der Waals surface area contributed by atoms with Gasteiger partial charge in [0.2, 0.25) is 15.8 Å². The van der Waals surface area contributed by atoms with Gasteiger partial charge in [0.05, 0.1) is 17.6 Å². The molecule has 21 heavy (non-hydrogen) atoms. The molecule has 116 valence electrons. The number of nitro groups is 1. The lowest BCUT2D eigenvalue weighted by Crippen LogP contribution is -2.48. The van der Waals surface area contributed by atoms with Gasteiger partial charge in [0.15, 0.2) is 4.90 Å². The van der Waals surface area contributed by atoms with Crippen molar-refractivity contribution in [1.29, 1.82) is 0 Å². The summed E-state index contributed by atoms with van der Waals surface area (Å²) in [6, 6.07) is 2.98. The Bertz CT molecular complexity index is 651. The van der Waals surface area contributed by atoms with E-state index in [1.165, 1.54) is 0 Å². The van der Waals surface area contributed by atoms with E-state index in [1.807, 2.05) is 0 Å². The summed E-state index contributed by atoms with van der Waals surface area (Å²) in [5, 5.41) is 10.9. The van der Waals surface area contributed by atoms with Crippen molar-refractivity contribution in [3.63, 3.8) is 0 Å². The van der Waals surface area contributed by atoms with E-state index in [2.05, 4.69) is 0 Å². The Morgan fingerprint density at radius 1 is 1.52 bits per heavy atom. The van der Waals surface area contributed by atoms with Gasteiger partial charge in [-0.15, -0.1) is 0 Å². The van der Waals surface area contributed by atoms with Crippen LogP contribution in [0.5, 0.6) is 0 Å². The molecule has 1 heterocycles. The molecule has 10 heteroatoms. The highest BCUT2D eigenvalue weighted by Crippen LogP contribution is 2.29. The lowest BCUT2D eigenvalue weighted by molar-refractivity contribution is -0.390. The Morgan fingerprint density at radius 2 is 2.24 bits per heavy atom. The molecule has 1 aliphatic heterocycles. The van der Waals surface area contributed by atoms with Gasteiger partial charge in [0, 0.05) is 19.6 Å². The summed E-state index contributed by atoms with van der Waals surface area (Å²) in [5.74, 6) is -1.19. The summed E-state index contributed by atoms with van der Waals surface area (Å²) in [5.41, 5.74) is 4.39. The number of hydrogen-bond acceptors (Lipinski definition) is 6. The average molecular weight is 319 g/mol. The van der Waals surface area contributed by atoms with Crippen molar-refractivity contribution in [1.82, 2.24) is 4.31 Å². The Labute approximate surface area is 120 Å². The van der Waals surface area contributed by atoms with E-state index in [0.29, 0.717) is 0 Å². The zero-order valence-electron chi connectivity index (χ0n) is 10.9. The minimum atomic E-state index is -4.19. The van der Waals surface area contributed by atoms with Gasteiger partial charge in [-0.05, 0) is 12.1 Å². The van der Waals surface area contributed by atoms with Crippen molar-refractivity contribution in [2.75, 3.05) is 26.2 Å². The molecule has 1 saturated heterocycles. The van der Waals surface area contributed by atoms with Gasteiger partial charge in [-0.25, -0.2) is 8.42 Å². The molecule has 1 fully saturated rings. The van der Waals surface area contributed by atoms with Crippen LogP contribution < -0.4 is 5.73 Å². The van der Waals surface area contributed by atoms with Crippen LogP contribution in [0.1, 0.15) is 0 Å². The molecule has 0 aliphatic carbocycles. The number of nitrogens with zero attached hydrogens (tertiary/aromatic N) is 2. The predicted molar refractivity (Wildman–Crippen MR) is 70.6 cm³/mol. The molecule has 8 nitrogen and oxygen atoms in total. The van der Waals surface area contributed by atoms with Crippen molar-refractivity contribution in [3.05, 3.63) is 34.1 Å². The first-order valence-corrected chi connectivity index (χ1v) is 7.56. The SMILES string of the molecule is NCC1CN(S(=O)(=O)c2cccc(F)c2[N+](=O)[O-])CCO1. The molecule has 1 atom stereocenters. The zero-order chi connectivity index (χ0) is 15.6. The first-order valence-electron chi connectivity index (χ1n) is 6.12. The van der Waals surface area contributed by atoms with E-state index in [1.54, 1.807) is 0 Å². The molecular formula is C11H14FN3O5S. The number of rotatable bonds is 4. The molecule has 1 unspecified atom stereocenters. The number of ether oxygens (including phenoxy) is 1. The number of nitro benzene ring substituents is 1. The van der Waals surface area contributed by atoms with Crippen LogP contribution in [0, 0.1) is 15.9 Å². The van der Waals surface area contributed by atoms with Gasteiger partial charge in [-0.2, -0.15) is 8.70 Å². The van der Waals surface area contributed by atoms with Crippen LogP contribution in [0.25, 0.3) is 0 Å². The van der Waals surface area contributed by atoms with Crippen molar-refractivity contribution >= 4 is 15.7 Å². The number of morpholine rings is 1. The van der Waals surface area contributed by atoms with Gasteiger partial charge in [-0.3, -0.25) is 10.1 Å². The highest BCUT2D eigenvalue weighted by atomic mass is 32.2. The van der Waals surface area contributed by atoms with Gasteiger partial charge >= 0.3 is 5.69 Å². The Kier molecular flexibility index (Phi) is 4.52. The fourth-order valence-corrected chi connectivity index (χ4v) is 3.70. The van der Waals surface area contributed by atoms with E-state index in [4.69, 9.17) is 10.5 Å². The molecule has 1 aliphatic rings. The normalized spacial score (nSPS) is 20.4. The molecule has 0 bridgehead atoms. The summed E-state index contributed by atoms with van der Waals surface area (Å²) in [7, 11) is -4.19. The van der Waals surface area contributed by atoms with Crippen LogP contribution in [-0.2, 0) is 14.8 Å². The number of sulfonamides is 1. The molecule has 1 aromatic carbocycles. The topological polar surface area (TPSA) is 116 Å². The van der Waals surface area contributed by atoms with Crippen LogP contribution in [0.3, 0.4) is 0 Å². The van der Waals surface area contributed by atoms with Crippen molar-refractivity contribution in [2.45, 2.75) is 11.0 Å². The van der Waals surface area contributed by atoms with E-state index >= 15 is 0 Å². The molecule has 0 radical (unpaired) electrons. The second-order valence-corrected chi connectivity index (χ2v) is 6.34. The molecule has 0 spiro atoms. The smallest absolute Gasteiger partial charge is 0.324 e. The summed E-state index contributed by atoms with van der Waals surface area (Å²) in [6.45, 7) is 0.264. The maximum Gasteiger partial charge on any atom is 0.324 e. The number of benzene rings is 1. The van der Waals surface area contributed by atoms with Gasteiger partial charge < -0.3 is 10.5 Å². The molecule has 2 N–H and O–H groups in total. The molecule has 0 aromatic heterocycles. The second-order valence-electron chi connectivity index (χ2n) is 4.44. The average Bonchev–Trinajstić information content (AvgIpc) is 2.46. The fraction of sp³-hybridized carbons (Fsp3) is 0.455. The molecule has 2 rings (SSSR count). The standard InChI is InChI=1S/C11H14FN3O5S/c12-9-2-1-3-10(11(9)15(16)17)21(18,19)14-4-5-20-8(6-13)7-14/h1-3,8H,4-7,13H2. The third kappa shape index (κ3) is 3.02. The van der Waals surface area contributed by atoms with Gasteiger partial charge in [-0.1, -0.05) is 6.07 Å². The Hall–Kier alpha value is -1.62. The van der Waals surface area contributed by atoms with Crippen LogP contribution in [0.2, 0.25) is 0 Å². The highest BCUT2D eigenvalue weighted by molar-refractivity contribution is 7.89. The fourth-order valence-electron chi connectivity index (χ4n) is 2.07. The van der Waals surface area contributed by atoms with Crippen LogP contribution in [0.15, 0.2) is 23.1 Å². The third-order valence-corrected chi connectivity index (χ3v) is 5.01. The van der Waals surface area contributed by atoms with E-state index < -0.39 is 37.5 Å². The zero-order valence-corrected chi connectivity index (χ0v) is 11.8. The first-order chi connectivity index (χ1) is 9.87. The number of para-hydroxylation sites is 1. The minimum Gasteiger partial charge on any atom is -0.374 e. The molecule has 0 saturated carbocycles. The van der Waals surface area contributed by atoms with E-state index in [-0.39, 0.29) is 26.2 Å². The number of nitrogens with two attached hydrogens (primary N) is 1. The lowest BCUT2D eigenvalue weighted by Gasteiger charge is -2.31. The first kappa shape index (κ1) is 15.8. The largest absolute Gasteiger partial charge is 0.374 e. The van der Waals surface area contributed by atoms with Crippen molar-refractivity contribution in [2.24, 2.45) is 5.73 Å². The molecular weight excluding hydrogens is 305 g/mol. The second kappa shape index (κ2) is 6.02. The van der Waals surface area contributed by atoms with Crippen LogP contribution >= 0.6 is 0 Å². The third-order valence-electron chi connectivity index (χ3n) is 3.11. The monoisotopic (exact) mass is 319 g/mol.